The summed E-state index contributed by atoms with van der Waals surface area (Å²) in [5.74, 6) is 7.82. The molecule has 28 heavy (non-hydrogen) atoms. The van der Waals surface area contributed by atoms with E-state index in [-0.39, 0.29) is 14.9 Å². The summed E-state index contributed by atoms with van der Waals surface area (Å²) in [6.07, 6.45) is 20.0. The number of rotatable bonds is 0. The Balaban J connectivity index is 0.000000127. The fourth-order valence-corrected chi connectivity index (χ4v) is 9.59. The van der Waals surface area contributed by atoms with Crippen molar-refractivity contribution in [3.8, 4) is 0 Å². The molecule has 9 saturated carbocycles. The van der Waals surface area contributed by atoms with Gasteiger partial charge >= 0.3 is 0 Å². The summed E-state index contributed by atoms with van der Waals surface area (Å²) in [7, 11) is 0. The molecule has 0 aromatic carbocycles. The molecule has 9 rings (SSSR count). The van der Waals surface area contributed by atoms with E-state index in [1.807, 2.05) is 0 Å². The van der Waals surface area contributed by atoms with E-state index in [0.29, 0.717) is 0 Å². The minimum Gasteiger partial charge on any atom is -0.0891 e. The van der Waals surface area contributed by atoms with E-state index < -0.39 is 0 Å². The zero-order chi connectivity index (χ0) is 17.9. The van der Waals surface area contributed by atoms with Gasteiger partial charge in [-0.3, -0.25) is 0 Å². The van der Waals surface area contributed by atoms with Crippen molar-refractivity contribution in [3.05, 3.63) is 0 Å². The van der Waals surface area contributed by atoms with E-state index in [1.54, 1.807) is 70.6 Å². The maximum absolute atomic E-state index is 3.88. The standard InChI is InChI=1S/C11H18.C10H15Br.C3H5Br.2CH4/c1-11-5-8-2-9(6-11)4-10(3-8)7-11;11-10-8-2-6-1-7(4-8)5-9(10)3-6;4-3-1-2-3;;/h8-10H,2-7H2,1H3;6-10H,1-5H2;3H,1-2H2;2*1H4. The Morgan fingerprint density at radius 3 is 1.18 bits per heavy atom. The van der Waals surface area contributed by atoms with Gasteiger partial charge in [0.25, 0.3) is 0 Å². The van der Waals surface area contributed by atoms with E-state index in [2.05, 4.69) is 38.8 Å². The Bertz CT molecular complexity index is 445. The average molecular weight is 518 g/mol. The normalized spacial score (nSPS) is 51.1. The molecule has 9 aliphatic rings. The lowest BCUT2D eigenvalue weighted by Gasteiger charge is -2.55. The molecule has 0 aliphatic heterocycles. The molecule has 0 saturated heterocycles. The summed E-state index contributed by atoms with van der Waals surface area (Å²) in [6.45, 7) is 2.54. The highest BCUT2D eigenvalue weighted by atomic mass is 79.9. The van der Waals surface area contributed by atoms with Crippen molar-refractivity contribution in [2.45, 2.75) is 115 Å². The monoisotopic (exact) mass is 516 g/mol. The van der Waals surface area contributed by atoms with E-state index in [9.17, 15) is 0 Å². The molecule has 0 unspecified atom stereocenters. The minimum absolute atomic E-state index is 0. The smallest absolute Gasteiger partial charge is 0.0202 e. The van der Waals surface area contributed by atoms with Crippen LogP contribution in [0.2, 0.25) is 0 Å². The van der Waals surface area contributed by atoms with Crippen LogP contribution in [0.1, 0.15) is 105 Å². The highest BCUT2D eigenvalue weighted by Gasteiger charge is 2.48. The lowest BCUT2D eigenvalue weighted by molar-refractivity contribution is -0.0411. The molecular weight excluding hydrogens is 472 g/mol. The SMILES string of the molecule is BrC1C2CC3CC(C2)CC1C3.BrC1CC1.C.C.CC12CC3CC(CC(C3)C1)C2. The molecule has 9 fully saturated rings. The first kappa shape index (κ1) is 23.6. The average Bonchev–Trinajstić information content (AvgIpc) is 3.33. The molecule has 0 amide bonds. The van der Waals surface area contributed by atoms with Crippen molar-refractivity contribution in [1.82, 2.24) is 0 Å². The first-order valence-corrected chi connectivity index (χ1v) is 13.6. The lowest BCUT2D eigenvalue weighted by Crippen LogP contribution is -2.45. The summed E-state index contributed by atoms with van der Waals surface area (Å²) in [6, 6.07) is 0. The lowest BCUT2D eigenvalue weighted by atomic mass is 9.50. The summed E-state index contributed by atoms with van der Waals surface area (Å²) < 4.78 is 0. The van der Waals surface area contributed by atoms with Crippen molar-refractivity contribution in [2.75, 3.05) is 0 Å². The van der Waals surface area contributed by atoms with Gasteiger partial charge in [-0.05, 0) is 130 Å². The predicted molar refractivity (Wildman–Crippen MR) is 131 cm³/mol. The van der Waals surface area contributed by atoms with Gasteiger partial charge in [0.1, 0.15) is 0 Å². The molecule has 164 valence electrons. The van der Waals surface area contributed by atoms with Crippen LogP contribution in [0.5, 0.6) is 0 Å². The largest absolute Gasteiger partial charge is 0.0891 e. The van der Waals surface area contributed by atoms with E-state index >= 15 is 0 Å². The van der Waals surface area contributed by atoms with Gasteiger partial charge in [0, 0.05) is 9.65 Å². The zero-order valence-corrected chi connectivity index (χ0v) is 19.8. The van der Waals surface area contributed by atoms with Crippen molar-refractivity contribution >= 4 is 31.9 Å². The highest BCUT2D eigenvalue weighted by Crippen LogP contribution is 2.59. The van der Waals surface area contributed by atoms with Crippen molar-refractivity contribution in [1.29, 1.82) is 0 Å². The Hall–Kier alpha value is 0.960. The highest BCUT2D eigenvalue weighted by molar-refractivity contribution is 9.09. The molecule has 8 bridgehead atoms. The third-order valence-corrected chi connectivity index (χ3v) is 11.4. The van der Waals surface area contributed by atoms with Crippen LogP contribution in [0.15, 0.2) is 0 Å². The zero-order valence-electron chi connectivity index (χ0n) is 16.6. The molecule has 9 aliphatic carbocycles. The first-order chi connectivity index (χ1) is 12.5. The fourth-order valence-electron chi connectivity index (χ4n) is 8.47. The molecule has 0 atom stereocenters. The summed E-state index contributed by atoms with van der Waals surface area (Å²) in [5.41, 5.74) is 0.800. The van der Waals surface area contributed by atoms with Gasteiger partial charge in [-0.15, -0.1) is 0 Å². The number of hydrogen-bond acceptors (Lipinski definition) is 0. The van der Waals surface area contributed by atoms with Crippen LogP contribution >= 0.6 is 31.9 Å². The second-order valence-electron chi connectivity index (χ2n) is 11.8. The van der Waals surface area contributed by atoms with Crippen LogP contribution in [-0.2, 0) is 0 Å². The molecule has 2 heteroatoms. The molecule has 0 radical (unpaired) electrons. The molecule has 0 spiro atoms. The second-order valence-corrected chi connectivity index (χ2v) is 14.1. The van der Waals surface area contributed by atoms with Gasteiger partial charge < -0.3 is 0 Å². The van der Waals surface area contributed by atoms with Crippen LogP contribution in [0, 0.1) is 46.8 Å². The fraction of sp³-hybridized carbons (Fsp3) is 1.00. The van der Waals surface area contributed by atoms with Crippen LogP contribution < -0.4 is 0 Å². The maximum Gasteiger partial charge on any atom is 0.0202 e. The Labute approximate surface area is 193 Å². The van der Waals surface area contributed by atoms with Gasteiger partial charge in [-0.2, -0.15) is 0 Å². The predicted octanol–water partition coefficient (Wildman–Crippen LogP) is 9.24. The summed E-state index contributed by atoms with van der Waals surface area (Å²) in [5, 5.41) is 0. The van der Waals surface area contributed by atoms with Gasteiger partial charge in [-0.1, -0.05) is 53.6 Å². The molecule has 0 heterocycles. The van der Waals surface area contributed by atoms with Gasteiger partial charge in [0.15, 0.2) is 0 Å². The van der Waals surface area contributed by atoms with E-state index in [0.717, 1.165) is 56.5 Å². The molecule has 0 N–H and O–H groups in total. The van der Waals surface area contributed by atoms with E-state index in [4.69, 9.17) is 0 Å². The first-order valence-electron chi connectivity index (χ1n) is 11.7. The summed E-state index contributed by atoms with van der Waals surface area (Å²) in [4.78, 5) is 1.79. The van der Waals surface area contributed by atoms with Crippen LogP contribution in [0.3, 0.4) is 0 Å². The molecule has 0 aromatic heterocycles. The minimum atomic E-state index is 0. The number of hydrogen-bond donors (Lipinski definition) is 0. The topological polar surface area (TPSA) is 0 Å². The van der Waals surface area contributed by atoms with Crippen LogP contribution in [0.25, 0.3) is 0 Å². The number of halogens is 2. The van der Waals surface area contributed by atoms with Crippen molar-refractivity contribution in [3.63, 3.8) is 0 Å². The van der Waals surface area contributed by atoms with Gasteiger partial charge in [-0.25, -0.2) is 0 Å². The molecular formula is C26H46Br2. The van der Waals surface area contributed by atoms with Crippen molar-refractivity contribution in [2.24, 2.45) is 46.8 Å². The Kier molecular flexibility index (Phi) is 7.77. The quantitative estimate of drug-likeness (QED) is 0.281. The molecule has 0 aromatic rings. The van der Waals surface area contributed by atoms with Crippen LogP contribution in [-0.4, -0.2) is 9.65 Å². The third-order valence-electron chi connectivity index (χ3n) is 8.96. The maximum atomic E-state index is 3.88. The Morgan fingerprint density at radius 1 is 0.571 bits per heavy atom. The number of alkyl halides is 2. The summed E-state index contributed by atoms with van der Waals surface area (Å²) >= 11 is 7.26. The van der Waals surface area contributed by atoms with Gasteiger partial charge in [0.2, 0.25) is 0 Å². The molecule has 0 nitrogen and oxygen atoms in total. The second kappa shape index (κ2) is 9.22. The third kappa shape index (κ3) is 5.23. The van der Waals surface area contributed by atoms with E-state index in [1.165, 1.54) is 12.8 Å². The Morgan fingerprint density at radius 2 is 0.893 bits per heavy atom. The van der Waals surface area contributed by atoms with Gasteiger partial charge in [0.05, 0.1) is 0 Å². The van der Waals surface area contributed by atoms with Crippen LogP contribution in [0.4, 0.5) is 0 Å². The van der Waals surface area contributed by atoms with Crippen molar-refractivity contribution < 1.29 is 0 Å².